The van der Waals surface area contributed by atoms with Crippen LogP contribution < -0.4 is 4.74 Å². The number of esters is 1. The molecule has 4 aliphatic rings. The van der Waals surface area contributed by atoms with E-state index in [2.05, 4.69) is 45.7 Å². The van der Waals surface area contributed by atoms with Crippen molar-refractivity contribution in [2.75, 3.05) is 6.61 Å². The van der Waals surface area contributed by atoms with Crippen molar-refractivity contribution >= 4 is 5.97 Å². The highest BCUT2D eigenvalue weighted by Crippen LogP contribution is 2.67. The van der Waals surface area contributed by atoms with E-state index in [9.17, 15) is 4.79 Å². The number of pyridine rings is 1. The van der Waals surface area contributed by atoms with Gasteiger partial charge in [0, 0.05) is 25.2 Å². The van der Waals surface area contributed by atoms with Crippen molar-refractivity contribution < 1.29 is 14.3 Å². The van der Waals surface area contributed by atoms with Crippen LogP contribution in [-0.4, -0.2) is 23.7 Å². The summed E-state index contributed by atoms with van der Waals surface area (Å²) in [5, 5.41) is 0. The predicted octanol–water partition coefficient (Wildman–Crippen LogP) is 11.9. The third-order valence-corrected chi connectivity index (χ3v) is 13.8. The van der Waals surface area contributed by atoms with Gasteiger partial charge >= 0.3 is 5.97 Å². The van der Waals surface area contributed by atoms with Crippen molar-refractivity contribution in [2.24, 2.45) is 46.3 Å². The standard InChI is InChI=1S/C43H69NO3/c1-32(2)15-14-16-33(3)38-20-21-39-37-19-18-34-31-36(22-26-42(34,4)40(37)23-27-43(38,39)5)47-41(45)17-12-10-8-6-7-9-11-13-30-46-35-24-28-44-29-25-35/h18,24-25,28-29,32-33,36-40H,6-17,19-23,26-27,30-31H2,1-5H3/t33-,36?,37+,38-,39+,40+,42+,43-/m1/s1. The van der Waals surface area contributed by atoms with Crippen LogP contribution in [0.4, 0.5) is 0 Å². The second kappa shape index (κ2) is 17.2. The summed E-state index contributed by atoms with van der Waals surface area (Å²) in [6.45, 7) is 13.4. The van der Waals surface area contributed by atoms with Gasteiger partial charge in [-0.05, 0) is 116 Å². The average molecular weight is 648 g/mol. The Morgan fingerprint density at radius 2 is 1.57 bits per heavy atom. The van der Waals surface area contributed by atoms with Crippen molar-refractivity contribution in [3.63, 3.8) is 0 Å². The summed E-state index contributed by atoms with van der Waals surface area (Å²) in [6.07, 6.45) is 30.8. The van der Waals surface area contributed by atoms with E-state index in [0.29, 0.717) is 17.3 Å². The van der Waals surface area contributed by atoms with Crippen molar-refractivity contribution in [1.82, 2.24) is 4.98 Å². The van der Waals surface area contributed by atoms with Crippen molar-refractivity contribution in [3.05, 3.63) is 36.2 Å². The number of fused-ring (bicyclic) bond motifs is 5. The first-order valence-corrected chi connectivity index (χ1v) is 20.1. The number of carbonyl (C=O) groups excluding carboxylic acids is 1. The first-order chi connectivity index (χ1) is 22.7. The second-order valence-corrected chi connectivity index (χ2v) is 17.3. The predicted molar refractivity (Wildman–Crippen MR) is 194 cm³/mol. The van der Waals surface area contributed by atoms with Gasteiger partial charge < -0.3 is 9.47 Å². The zero-order chi connectivity index (χ0) is 33.3. The van der Waals surface area contributed by atoms with Crippen LogP contribution in [0.3, 0.4) is 0 Å². The van der Waals surface area contributed by atoms with Gasteiger partial charge in [-0.1, -0.05) is 104 Å². The molecule has 0 saturated heterocycles. The van der Waals surface area contributed by atoms with Crippen LogP contribution in [0.1, 0.15) is 163 Å². The summed E-state index contributed by atoms with van der Waals surface area (Å²) in [7, 11) is 0. The van der Waals surface area contributed by atoms with Crippen LogP contribution in [0.25, 0.3) is 0 Å². The van der Waals surface area contributed by atoms with Crippen LogP contribution in [0.5, 0.6) is 5.75 Å². The summed E-state index contributed by atoms with van der Waals surface area (Å²) in [4.78, 5) is 16.8. The lowest BCUT2D eigenvalue weighted by molar-refractivity contribution is -0.151. The lowest BCUT2D eigenvalue weighted by atomic mass is 9.47. The summed E-state index contributed by atoms with van der Waals surface area (Å²) in [5.74, 6) is 6.16. The molecular weight excluding hydrogens is 578 g/mol. The molecule has 0 bridgehead atoms. The molecule has 1 unspecified atom stereocenters. The van der Waals surface area contributed by atoms with Gasteiger partial charge in [-0.15, -0.1) is 0 Å². The molecule has 264 valence electrons. The van der Waals surface area contributed by atoms with Crippen LogP contribution in [0.2, 0.25) is 0 Å². The fraction of sp³-hybridized carbons (Fsp3) is 0.814. The number of unbranched alkanes of at least 4 members (excludes halogenated alkanes) is 7. The van der Waals surface area contributed by atoms with E-state index in [-0.39, 0.29) is 12.1 Å². The maximum Gasteiger partial charge on any atom is 0.306 e. The molecule has 0 spiro atoms. The molecule has 3 fully saturated rings. The van der Waals surface area contributed by atoms with E-state index >= 15 is 0 Å². The molecule has 1 aromatic heterocycles. The normalized spacial score (nSPS) is 32.2. The quantitative estimate of drug-likeness (QED) is 0.0903. The van der Waals surface area contributed by atoms with Gasteiger partial charge in [0.15, 0.2) is 0 Å². The lowest BCUT2D eigenvalue weighted by Gasteiger charge is -2.58. The minimum absolute atomic E-state index is 0.0371. The first kappa shape index (κ1) is 36.4. The van der Waals surface area contributed by atoms with Crippen LogP contribution in [-0.2, 0) is 9.53 Å². The first-order valence-electron chi connectivity index (χ1n) is 20.1. The van der Waals surface area contributed by atoms with Crippen LogP contribution >= 0.6 is 0 Å². The van der Waals surface area contributed by atoms with E-state index in [4.69, 9.17) is 9.47 Å². The Bertz CT molecular complexity index is 1130. The smallest absolute Gasteiger partial charge is 0.306 e. The van der Waals surface area contributed by atoms with Crippen molar-refractivity contribution in [3.8, 4) is 5.75 Å². The number of hydrogen-bond acceptors (Lipinski definition) is 4. The minimum atomic E-state index is 0.0371. The number of aromatic nitrogens is 1. The fourth-order valence-electron chi connectivity index (χ4n) is 11.1. The molecule has 0 aromatic carbocycles. The van der Waals surface area contributed by atoms with Gasteiger partial charge in [-0.3, -0.25) is 9.78 Å². The van der Waals surface area contributed by atoms with Gasteiger partial charge in [0.2, 0.25) is 0 Å². The summed E-state index contributed by atoms with van der Waals surface area (Å²) in [5.41, 5.74) is 2.50. The molecule has 4 aliphatic carbocycles. The van der Waals surface area contributed by atoms with Crippen molar-refractivity contribution in [2.45, 2.75) is 169 Å². The number of allylic oxidation sites excluding steroid dienone is 1. The molecule has 0 N–H and O–H groups in total. The Morgan fingerprint density at radius 1 is 0.851 bits per heavy atom. The molecule has 3 saturated carbocycles. The molecule has 8 atom stereocenters. The number of hydrogen-bond donors (Lipinski definition) is 0. The number of rotatable bonds is 18. The van der Waals surface area contributed by atoms with Crippen LogP contribution in [0, 0.1) is 46.3 Å². The molecule has 0 radical (unpaired) electrons. The molecule has 1 heterocycles. The maximum absolute atomic E-state index is 12.8. The summed E-state index contributed by atoms with van der Waals surface area (Å²) in [6, 6.07) is 3.82. The third kappa shape index (κ3) is 9.24. The number of nitrogens with zero attached hydrogens (tertiary/aromatic N) is 1. The van der Waals surface area contributed by atoms with Crippen molar-refractivity contribution in [1.29, 1.82) is 0 Å². The maximum atomic E-state index is 12.8. The van der Waals surface area contributed by atoms with Gasteiger partial charge in [0.05, 0.1) is 6.61 Å². The highest BCUT2D eigenvalue weighted by molar-refractivity contribution is 5.69. The number of carbonyl (C=O) groups is 1. The molecule has 4 nitrogen and oxygen atoms in total. The third-order valence-electron chi connectivity index (χ3n) is 13.8. The molecule has 1 aromatic rings. The van der Waals surface area contributed by atoms with Gasteiger partial charge in [-0.2, -0.15) is 0 Å². The SMILES string of the molecule is CC(C)CCC[C@@H](C)[C@H]1CC[C@H]2[C@@H]3CC=C4CC(OC(=O)CCCCCCCCCCOc5ccncc5)CC[C@]4(C)[C@H]3CC[C@]12C. The monoisotopic (exact) mass is 648 g/mol. The molecule has 5 rings (SSSR count). The molecule has 0 aliphatic heterocycles. The Balaban J connectivity index is 0.974. The van der Waals surface area contributed by atoms with Gasteiger partial charge in [-0.25, -0.2) is 0 Å². The Morgan fingerprint density at radius 3 is 2.32 bits per heavy atom. The second-order valence-electron chi connectivity index (χ2n) is 17.3. The Kier molecular flexibility index (Phi) is 13.3. The molecule has 4 heteroatoms. The highest BCUT2D eigenvalue weighted by atomic mass is 16.5. The molecular formula is C43H69NO3. The van der Waals surface area contributed by atoms with E-state index in [1.165, 1.54) is 89.9 Å². The lowest BCUT2D eigenvalue weighted by Crippen LogP contribution is -2.51. The minimum Gasteiger partial charge on any atom is -0.493 e. The largest absolute Gasteiger partial charge is 0.493 e. The topological polar surface area (TPSA) is 48.4 Å². The molecule has 0 amide bonds. The molecule has 47 heavy (non-hydrogen) atoms. The van der Waals surface area contributed by atoms with Gasteiger partial charge in [0.1, 0.15) is 11.9 Å². The van der Waals surface area contributed by atoms with E-state index in [0.717, 1.165) is 80.0 Å². The Hall–Kier alpha value is -1.84. The fourth-order valence-corrected chi connectivity index (χ4v) is 11.1. The zero-order valence-corrected chi connectivity index (χ0v) is 30.9. The Labute approximate surface area is 288 Å². The average Bonchev–Trinajstić information content (AvgIpc) is 3.41. The summed E-state index contributed by atoms with van der Waals surface area (Å²) >= 11 is 0. The summed E-state index contributed by atoms with van der Waals surface area (Å²) < 4.78 is 11.9. The van der Waals surface area contributed by atoms with E-state index in [1.807, 2.05) is 12.1 Å². The zero-order valence-electron chi connectivity index (χ0n) is 30.9. The number of ether oxygens (including phenoxy) is 2. The van der Waals surface area contributed by atoms with Crippen LogP contribution in [0.15, 0.2) is 36.2 Å². The van der Waals surface area contributed by atoms with E-state index < -0.39 is 0 Å². The van der Waals surface area contributed by atoms with E-state index in [1.54, 1.807) is 18.0 Å². The highest BCUT2D eigenvalue weighted by Gasteiger charge is 2.59. The van der Waals surface area contributed by atoms with Gasteiger partial charge in [0.25, 0.3) is 0 Å².